The van der Waals surface area contributed by atoms with Crippen LogP contribution in [0.4, 0.5) is 5.00 Å². The quantitative estimate of drug-likeness (QED) is 0.779. The molecule has 2 nitrogen and oxygen atoms in total. The van der Waals surface area contributed by atoms with E-state index in [0.717, 1.165) is 0 Å². The molecule has 1 heterocycles. The van der Waals surface area contributed by atoms with Gasteiger partial charge >= 0.3 is 92.5 Å². The number of aromatic nitrogens is 1. The van der Waals surface area contributed by atoms with Crippen LogP contribution in [0.1, 0.15) is 20.8 Å². The fourth-order valence-corrected chi connectivity index (χ4v) is 1.86. The van der Waals surface area contributed by atoms with E-state index < -0.39 is 0 Å². The molecule has 0 fully saturated rings. The molecular weight excluding hydrogens is 219 g/mol. The van der Waals surface area contributed by atoms with Gasteiger partial charge in [-0.1, -0.05) is 0 Å². The Kier molecular flexibility index (Phi) is 3.33. The van der Waals surface area contributed by atoms with Crippen molar-refractivity contribution in [3.05, 3.63) is 11.7 Å². The summed E-state index contributed by atoms with van der Waals surface area (Å²) < 4.78 is 1.30. The summed E-state index contributed by atoms with van der Waals surface area (Å²) in [5.41, 5.74) is 2.05. The van der Waals surface area contributed by atoms with Crippen molar-refractivity contribution in [1.82, 2.24) is 4.98 Å². The standard InChI is InChI=1S/C9H14N2S.V/c1-9(2,3)6-11(4)8-5-10-7-12-8;/h5,7H,1-4H3;. The van der Waals surface area contributed by atoms with Crippen molar-refractivity contribution in [2.75, 3.05) is 11.9 Å². The second-order valence-electron chi connectivity index (χ2n) is 3.97. The molecule has 0 unspecified atom stereocenters. The number of hydrogen-bond acceptors (Lipinski definition) is 3. The number of nitrogens with zero attached hydrogens (tertiary/aromatic N) is 2. The molecule has 0 bridgehead atoms. The Labute approximate surface area is 92.5 Å². The summed E-state index contributed by atoms with van der Waals surface area (Å²) in [5.74, 6) is 0. The second kappa shape index (κ2) is 3.95. The predicted molar refractivity (Wildman–Crippen MR) is 55.0 cm³/mol. The minimum atomic E-state index is 0.193. The van der Waals surface area contributed by atoms with Crippen molar-refractivity contribution >= 4 is 20.7 Å². The number of thiazole rings is 1. The van der Waals surface area contributed by atoms with E-state index in [1.165, 1.54) is 9.35 Å². The Bertz CT molecular complexity index is 287. The predicted octanol–water partition coefficient (Wildman–Crippen LogP) is 2.30. The van der Waals surface area contributed by atoms with Crippen LogP contribution in [0.2, 0.25) is 0 Å². The van der Waals surface area contributed by atoms with Gasteiger partial charge in [0.15, 0.2) is 0 Å². The van der Waals surface area contributed by atoms with E-state index in [-0.39, 0.29) is 5.41 Å². The minimum absolute atomic E-state index is 0.193. The first-order valence-corrected chi connectivity index (χ1v) is 5.69. The van der Waals surface area contributed by atoms with E-state index >= 15 is 0 Å². The zero-order chi connectivity index (χ0) is 10.1. The molecule has 71 valence electrons. The van der Waals surface area contributed by atoms with Crippen molar-refractivity contribution in [3.63, 3.8) is 0 Å². The second-order valence-corrected chi connectivity index (χ2v) is 5.50. The normalized spacial score (nSPS) is 11.3. The van der Waals surface area contributed by atoms with E-state index in [1.54, 1.807) is 11.3 Å². The molecule has 13 heavy (non-hydrogen) atoms. The molecule has 1 rings (SSSR count). The van der Waals surface area contributed by atoms with E-state index in [9.17, 15) is 0 Å². The Hall–Kier alpha value is -0.116. The van der Waals surface area contributed by atoms with Crippen LogP contribution in [0.15, 0.2) is 11.7 Å². The molecule has 0 aliphatic heterocycles. The molecule has 0 saturated heterocycles. The molecule has 1 aromatic rings. The topological polar surface area (TPSA) is 16.1 Å². The fourth-order valence-electron chi connectivity index (χ4n) is 0.982. The first-order valence-electron chi connectivity index (χ1n) is 4.11. The fraction of sp³-hybridized carbons (Fsp3) is 0.556. The van der Waals surface area contributed by atoms with Crippen molar-refractivity contribution in [2.45, 2.75) is 20.8 Å². The Balaban J connectivity index is 2.81. The number of rotatable bonds is 2. The van der Waals surface area contributed by atoms with E-state index in [4.69, 9.17) is 0 Å². The first-order chi connectivity index (χ1) is 5.93. The molecule has 0 atom stereocenters. The third-order valence-electron chi connectivity index (χ3n) is 1.74. The Morgan fingerprint density at radius 2 is 2.15 bits per heavy atom. The molecule has 4 heteroatoms. The van der Waals surface area contributed by atoms with E-state index in [0.29, 0.717) is 0 Å². The third kappa shape index (κ3) is 2.66. The summed E-state index contributed by atoms with van der Waals surface area (Å²) >= 11 is 4.31. The molecule has 0 saturated carbocycles. The van der Waals surface area contributed by atoms with Crippen LogP contribution in [0.25, 0.3) is 0 Å². The molecule has 0 aromatic carbocycles. The molecular formula is C9H14N2SV. The van der Waals surface area contributed by atoms with Crippen LogP contribution in [0.3, 0.4) is 0 Å². The van der Waals surface area contributed by atoms with Crippen LogP contribution in [0, 0.1) is 5.41 Å². The molecule has 0 N–H and O–H groups in total. The van der Waals surface area contributed by atoms with Crippen molar-refractivity contribution in [2.24, 2.45) is 5.41 Å². The summed E-state index contributed by atoms with van der Waals surface area (Å²) in [4.78, 5) is 6.24. The van der Waals surface area contributed by atoms with Gasteiger partial charge in [0.1, 0.15) is 0 Å². The van der Waals surface area contributed by atoms with Crippen molar-refractivity contribution in [3.8, 4) is 0 Å². The summed E-state index contributed by atoms with van der Waals surface area (Å²) in [7, 11) is 2.08. The summed E-state index contributed by atoms with van der Waals surface area (Å²) in [6, 6.07) is 0. The van der Waals surface area contributed by atoms with Gasteiger partial charge in [-0.05, 0) is 0 Å². The zero-order valence-corrected chi connectivity index (χ0v) is 10.6. The average Bonchev–Trinajstić information content (AvgIpc) is 2.51. The SMILES string of the molecule is CN([C](=[V])C(C)(C)C)c1cncs1. The summed E-state index contributed by atoms with van der Waals surface area (Å²) in [6.45, 7) is 6.62. The summed E-state index contributed by atoms with van der Waals surface area (Å²) in [5, 5.41) is 1.19. The van der Waals surface area contributed by atoms with Gasteiger partial charge in [-0.25, -0.2) is 0 Å². The van der Waals surface area contributed by atoms with Crippen LogP contribution in [0.5, 0.6) is 0 Å². The maximum absolute atomic E-state index is 4.06. The van der Waals surface area contributed by atoms with Crippen LogP contribution in [-0.4, -0.2) is 16.4 Å². The zero-order valence-electron chi connectivity index (χ0n) is 8.40. The average molecular weight is 233 g/mol. The van der Waals surface area contributed by atoms with Crippen LogP contribution >= 0.6 is 11.3 Å². The molecule has 1 aromatic heterocycles. The van der Waals surface area contributed by atoms with E-state index in [1.807, 2.05) is 11.7 Å². The molecule has 0 spiro atoms. The van der Waals surface area contributed by atoms with Gasteiger partial charge in [0, 0.05) is 0 Å². The van der Waals surface area contributed by atoms with Crippen molar-refractivity contribution < 1.29 is 17.0 Å². The van der Waals surface area contributed by atoms with Gasteiger partial charge in [-0.15, -0.1) is 0 Å². The van der Waals surface area contributed by atoms with Gasteiger partial charge in [0.2, 0.25) is 0 Å². The van der Waals surface area contributed by atoms with Crippen LogP contribution < -0.4 is 4.90 Å². The van der Waals surface area contributed by atoms with Crippen molar-refractivity contribution in [1.29, 1.82) is 0 Å². The Morgan fingerprint density at radius 3 is 2.54 bits per heavy atom. The third-order valence-corrected chi connectivity index (χ3v) is 4.10. The molecule has 0 aliphatic rings. The number of hydrogen-bond donors (Lipinski definition) is 0. The van der Waals surface area contributed by atoms with Gasteiger partial charge in [-0.2, -0.15) is 0 Å². The van der Waals surface area contributed by atoms with Gasteiger partial charge in [0.25, 0.3) is 0 Å². The monoisotopic (exact) mass is 233 g/mol. The van der Waals surface area contributed by atoms with Gasteiger partial charge in [0.05, 0.1) is 0 Å². The van der Waals surface area contributed by atoms with Gasteiger partial charge in [-0.3, -0.25) is 0 Å². The molecule has 0 amide bonds. The first kappa shape index (κ1) is 11.0. The summed E-state index contributed by atoms with van der Waals surface area (Å²) in [6.07, 6.45) is 1.89. The number of anilines is 1. The van der Waals surface area contributed by atoms with Crippen LogP contribution in [-0.2, 0) is 17.0 Å². The molecule has 0 aliphatic carbocycles. The van der Waals surface area contributed by atoms with Gasteiger partial charge < -0.3 is 0 Å². The van der Waals surface area contributed by atoms with E-state index in [2.05, 4.69) is 54.7 Å². The maximum atomic E-state index is 4.06. The Morgan fingerprint density at radius 1 is 1.54 bits per heavy atom. The molecule has 0 radical (unpaired) electrons.